The van der Waals surface area contributed by atoms with Crippen LogP contribution in [0, 0.1) is 0 Å². The zero-order valence-electron chi connectivity index (χ0n) is 16.9. The van der Waals surface area contributed by atoms with Crippen LogP contribution in [0.25, 0.3) is 0 Å². The van der Waals surface area contributed by atoms with Gasteiger partial charge in [0.25, 0.3) is 0 Å². The first-order valence-corrected chi connectivity index (χ1v) is 10.3. The molecule has 29 heavy (non-hydrogen) atoms. The highest BCUT2D eigenvalue weighted by molar-refractivity contribution is 6.30. The fraction of sp³-hybridized carbons (Fsp3) is 0.476. The standard InChI is InChI=1S/C21H28ClN5O2/c1-16(27-11-3-10-23-27)21(29)25(2)15-20(28)24-19-8-12-26(13-9-19)14-17-4-6-18(22)7-5-17/h3-7,10-11,16,19H,8-9,12-15H2,1-2H3,(H,24,28). The molecule has 1 aliphatic rings. The van der Waals surface area contributed by atoms with E-state index in [0.29, 0.717) is 0 Å². The van der Waals surface area contributed by atoms with Crippen molar-refractivity contribution in [3.05, 3.63) is 53.3 Å². The van der Waals surface area contributed by atoms with E-state index in [2.05, 4.69) is 15.3 Å². The van der Waals surface area contributed by atoms with Crippen molar-refractivity contribution in [3.63, 3.8) is 0 Å². The Balaban J connectivity index is 1.40. The first-order chi connectivity index (χ1) is 13.9. The Morgan fingerprint density at radius 2 is 1.97 bits per heavy atom. The zero-order valence-corrected chi connectivity index (χ0v) is 17.7. The van der Waals surface area contributed by atoms with E-state index < -0.39 is 6.04 Å². The molecule has 2 aromatic rings. The molecule has 0 bridgehead atoms. The summed E-state index contributed by atoms with van der Waals surface area (Å²) < 4.78 is 1.59. The number of benzene rings is 1. The molecule has 1 atom stereocenters. The molecule has 0 spiro atoms. The minimum atomic E-state index is -0.432. The summed E-state index contributed by atoms with van der Waals surface area (Å²) in [5.41, 5.74) is 1.24. The van der Waals surface area contributed by atoms with Gasteiger partial charge in [0.05, 0.1) is 6.54 Å². The summed E-state index contributed by atoms with van der Waals surface area (Å²) >= 11 is 5.94. The SMILES string of the molecule is CC(C(=O)N(C)CC(=O)NC1CCN(Cc2ccc(Cl)cc2)CC1)n1cccn1. The van der Waals surface area contributed by atoms with Crippen LogP contribution < -0.4 is 5.32 Å². The van der Waals surface area contributed by atoms with Crippen LogP contribution in [0.2, 0.25) is 5.02 Å². The molecule has 1 unspecified atom stereocenters. The van der Waals surface area contributed by atoms with Gasteiger partial charge >= 0.3 is 0 Å². The van der Waals surface area contributed by atoms with Crippen molar-refractivity contribution in [3.8, 4) is 0 Å². The molecular formula is C21H28ClN5O2. The number of nitrogens with one attached hydrogen (secondary N) is 1. The van der Waals surface area contributed by atoms with Crippen LogP contribution in [-0.2, 0) is 16.1 Å². The van der Waals surface area contributed by atoms with Crippen LogP contribution in [0.4, 0.5) is 0 Å². The second kappa shape index (κ2) is 9.89. The van der Waals surface area contributed by atoms with Crippen LogP contribution in [0.5, 0.6) is 0 Å². The molecule has 1 aromatic heterocycles. The first-order valence-electron chi connectivity index (χ1n) is 9.92. The average molecular weight is 418 g/mol. The van der Waals surface area contributed by atoms with E-state index in [4.69, 9.17) is 11.6 Å². The average Bonchev–Trinajstić information content (AvgIpc) is 3.25. The van der Waals surface area contributed by atoms with Crippen LogP contribution in [0.1, 0.15) is 31.4 Å². The summed E-state index contributed by atoms with van der Waals surface area (Å²) in [6.07, 6.45) is 5.19. The summed E-state index contributed by atoms with van der Waals surface area (Å²) in [6, 6.07) is 9.41. The maximum atomic E-state index is 12.5. The fourth-order valence-corrected chi connectivity index (χ4v) is 3.72. The third-order valence-corrected chi connectivity index (χ3v) is 5.56. The van der Waals surface area contributed by atoms with Gasteiger partial charge in [0.2, 0.25) is 11.8 Å². The normalized spacial score (nSPS) is 16.4. The van der Waals surface area contributed by atoms with Crippen molar-refractivity contribution in [1.29, 1.82) is 0 Å². The van der Waals surface area contributed by atoms with Crippen molar-refractivity contribution in [2.45, 2.75) is 38.4 Å². The largest absolute Gasteiger partial charge is 0.352 e. The van der Waals surface area contributed by atoms with Gasteiger partial charge in [-0.3, -0.25) is 19.2 Å². The Labute approximate surface area is 176 Å². The Morgan fingerprint density at radius 1 is 1.28 bits per heavy atom. The summed E-state index contributed by atoms with van der Waals surface area (Å²) in [7, 11) is 1.65. The Kier molecular flexibility index (Phi) is 7.28. The molecule has 1 N–H and O–H groups in total. The van der Waals surface area contributed by atoms with Crippen molar-refractivity contribution in [2.24, 2.45) is 0 Å². The van der Waals surface area contributed by atoms with E-state index in [1.54, 1.807) is 37.1 Å². The Hall–Kier alpha value is -2.38. The lowest BCUT2D eigenvalue weighted by Crippen LogP contribution is -2.48. The molecule has 1 aliphatic heterocycles. The quantitative estimate of drug-likeness (QED) is 0.750. The maximum Gasteiger partial charge on any atom is 0.247 e. The third kappa shape index (κ3) is 6.05. The summed E-state index contributed by atoms with van der Waals surface area (Å²) in [6.45, 7) is 4.58. The molecule has 0 saturated carbocycles. The summed E-state index contributed by atoms with van der Waals surface area (Å²) in [5, 5.41) is 7.91. The molecule has 1 fully saturated rings. The minimum absolute atomic E-state index is 0.0510. The molecule has 0 aliphatic carbocycles. The number of rotatable bonds is 7. The molecule has 0 radical (unpaired) electrons. The van der Waals surface area contributed by atoms with E-state index in [0.717, 1.165) is 37.5 Å². The van der Waals surface area contributed by atoms with Gasteiger partial charge in [0.1, 0.15) is 6.04 Å². The number of likely N-dealkylation sites (N-methyl/N-ethyl adjacent to an activating group) is 1. The van der Waals surface area contributed by atoms with Gasteiger partial charge in [-0.1, -0.05) is 23.7 Å². The lowest BCUT2D eigenvalue weighted by molar-refractivity contribution is -0.137. The molecule has 1 saturated heterocycles. The summed E-state index contributed by atoms with van der Waals surface area (Å²) in [4.78, 5) is 28.7. The number of likely N-dealkylation sites (tertiary alicyclic amines) is 1. The van der Waals surface area contributed by atoms with Gasteiger partial charge in [-0.15, -0.1) is 0 Å². The Bertz CT molecular complexity index is 801. The number of carbonyl (C=O) groups is 2. The zero-order chi connectivity index (χ0) is 20.8. The van der Waals surface area contributed by atoms with Crippen molar-refractivity contribution < 1.29 is 9.59 Å². The number of piperidine rings is 1. The minimum Gasteiger partial charge on any atom is -0.352 e. The highest BCUT2D eigenvalue weighted by Gasteiger charge is 2.24. The predicted molar refractivity (Wildman–Crippen MR) is 112 cm³/mol. The highest BCUT2D eigenvalue weighted by atomic mass is 35.5. The highest BCUT2D eigenvalue weighted by Crippen LogP contribution is 2.16. The fourth-order valence-electron chi connectivity index (χ4n) is 3.59. The van der Waals surface area contributed by atoms with E-state index in [1.807, 2.05) is 24.3 Å². The van der Waals surface area contributed by atoms with Gasteiger partial charge in [-0.2, -0.15) is 5.10 Å². The smallest absolute Gasteiger partial charge is 0.247 e. The van der Waals surface area contributed by atoms with Crippen LogP contribution in [0.15, 0.2) is 42.7 Å². The topological polar surface area (TPSA) is 70.5 Å². The van der Waals surface area contributed by atoms with Crippen LogP contribution in [-0.4, -0.2) is 64.1 Å². The molecule has 8 heteroatoms. The van der Waals surface area contributed by atoms with Gasteiger partial charge in [-0.25, -0.2) is 0 Å². The third-order valence-electron chi connectivity index (χ3n) is 5.31. The van der Waals surface area contributed by atoms with Crippen LogP contribution >= 0.6 is 11.6 Å². The lowest BCUT2D eigenvalue weighted by atomic mass is 10.0. The molecule has 156 valence electrons. The number of hydrogen-bond donors (Lipinski definition) is 1. The molecule has 2 heterocycles. The van der Waals surface area contributed by atoms with Crippen molar-refractivity contribution in [1.82, 2.24) is 24.9 Å². The van der Waals surface area contributed by atoms with E-state index in [9.17, 15) is 9.59 Å². The predicted octanol–water partition coefficient (Wildman–Crippen LogP) is 2.34. The second-order valence-corrected chi connectivity index (χ2v) is 8.04. The first kappa shape index (κ1) is 21.3. The number of aromatic nitrogens is 2. The number of hydrogen-bond acceptors (Lipinski definition) is 4. The molecule has 3 rings (SSSR count). The van der Waals surface area contributed by atoms with Crippen molar-refractivity contribution >= 4 is 23.4 Å². The molecule has 2 amide bonds. The van der Waals surface area contributed by atoms with E-state index in [1.165, 1.54) is 10.5 Å². The number of carbonyl (C=O) groups excluding carboxylic acids is 2. The van der Waals surface area contributed by atoms with Gasteiger partial charge < -0.3 is 10.2 Å². The molecular weight excluding hydrogens is 390 g/mol. The molecule has 7 nitrogen and oxygen atoms in total. The van der Waals surface area contributed by atoms with Gasteiger partial charge in [-0.05, 0) is 43.5 Å². The number of nitrogens with zero attached hydrogens (tertiary/aromatic N) is 4. The molecule has 1 aromatic carbocycles. The van der Waals surface area contributed by atoms with Gasteiger partial charge in [0.15, 0.2) is 0 Å². The Morgan fingerprint density at radius 3 is 2.59 bits per heavy atom. The van der Waals surface area contributed by atoms with E-state index >= 15 is 0 Å². The summed E-state index contributed by atoms with van der Waals surface area (Å²) in [5.74, 6) is -0.258. The second-order valence-electron chi connectivity index (χ2n) is 7.60. The van der Waals surface area contributed by atoms with Crippen molar-refractivity contribution in [2.75, 3.05) is 26.7 Å². The lowest BCUT2D eigenvalue weighted by Gasteiger charge is -2.32. The van der Waals surface area contributed by atoms with Gasteiger partial charge in [0, 0.05) is 50.1 Å². The maximum absolute atomic E-state index is 12.5. The monoisotopic (exact) mass is 417 g/mol. The number of halogens is 1. The van der Waals surface area contributed by atoms with Crippen LogP contribution in [0.3, 0.4) is 0 Å². The number of amides is 2. The van der Waals surface area contributed by atoms with E-state index in [-0.39, 0.29) is 24.4 Å².